The quantitative estimate of drug-likeness (QED) is 0.693. The minimum Gasteiger partial charge on any atom is -0.497 e. The van der Waals surface area contributed by atoms with Crippen LogP contribution >= 0.6 is 0 Å². The molecule has 5 atom stereocenters. The summed E-state index contributed by atoms with van der Waals surface area (Å²) < 4.78 is 16.5. The van der Waals surface area contributed by atoms with Crippen LogP contribution in [0.1, 0.15) is 17.2 Å². The molecule has 2 aliphatic rings. The van der Waals surface area contributed by atoms with Gasteiger partial charge in [-0.1, -0.05) is 6.07 Å². The fourth-order valence-corrected chi connectivity index (χ4v) is 2.81. The molecule has 0 aliphatic carbocycles. The van der Waals surface area contributed by atoms with E-state index >= 15 is 0 Å². The predicted octanol–water partition coefficient (Wildman–Crippen LogP) is -0.252. The first-order valence-corrected chi connectivity index (χ1v) is 6.56. The third kappa shape index (κ3) is 2.10. The van der Waals surface area contributed by atoms with E-state index in [2.05, 4.69) is 0 Å². The normalized spacial score (nSPS) is 36.1. The van der Waals surface area contributed by atoms with Crippen molar-refractivity contribution in [2.45, 2.75) is 37.1 Å². The molecule has 1 fully saturated rings. The second-order valence-electron chi connectivity index (χ2n) is 5.10. The molecule has 6 heteroatoms. The molecule has 2 aliphatic heterocycles. The zero-order chi connectivity index (χ0) is 14.3. The largest absolute Gasteiger partial charge is 0.497 e. The number of methoxy groups -OCH3 is 1. The summed E-state index contributed by atoms with van der Waals surface area (Å²) in [6.07, 6.45) is -4.25. The Balaban J connectivity index is 1.97. The molecular weight excluding hydrogens is 264 g/mol. The molecule has 0 saturated carbocycles. The Bertz CT molecular complexity index is 491. The van der Waals surface area contributed by atoms with Gasteiger partial charge in [0.1, 0.15) is 36.3 Å². The standard InChI is InChI=1S/C14H18O6/c1-18-8-3-2-7-6-19-14-12(17)11(16)10(5-15)20-13(14)9(7)4-8/h2-4,10-17H,5-6H2,1H3/t10-,11+,12+,13-,14-/m1/s1. The van der Waals surface area contributed by atoms with E-state index in [0.717, 1.165) is 11.1 Å². The van der Waals surface area contributed by atoms with E-state index < -0.39 is 30.5 Å². The first kappa shape index (κ1) is 13.8. The number of aliphatic hydroxyl groups excluding tert-OH is 3. The predicted molar refractivity (Wildman–Crippen MR) is 68.3 cm³/mol. The minimum absolute atomic E-state index is 0.345. The van der Waals surface area contributed by atoms with Gasteiger partial charge >= 0.3 is 0 Å². The SMILES string of the molecule is COc1ccc2c(c1)[C@H]1O[C@H](CO)[C@H](O)[C@H](O)[C@H]1OC2. The molecular formula is C14H18O6. The van der Waals surface area contributed by atoms with Gasteiger partial charge in [0, 0.05) is 0 Å². The zero-order valence-electron chi connectivity index (χ0n) is 11.1. The van der Waals surface area contributed by atoms with Crippen LogP contribution < -0.4 is 4.74 Å². The molecule has 1 aromatic carbocycles. The van der Waals surface area contributed by atoms with Gasteiger partial charge in [0.15, 0.2) is 0 Å². The lowest BCUT2D eigenvalue weighted by atomic mass is 9.87. The smallest absolute Gasteiger partial charge is 0.119 e. The molecule has 0 unspecified atom stereocenters. The van der Waals surface area contributed by atoms with Crippen molar-refractivity contribution in [1.29, 1.82) is 0 Å². The summed E-state index contributed by atoms with van der Waals surface area (Å²) in [6.45, 7) is -0.0157. The number of benzene rings is 1. The number of fused-ring (bicyclic) bond motifs is 3. The highest BCUT2D eigenvalue weighted by Crippen LogP contribution is 2.40. The topological polar surface area (TPSA) is 88.4 Å². The first-order valence-electron chi connectivity index (χ1n) is 6.56. The number of ether oxygens (including phenoxy) is 3. The summed E-state index contributed by atoms with van der Waals surface area (Å²) >= 11 is 0. The zero-order valence-corrected chi connectivity index (χ0v) is 11.1. The molecule has 110 valence electrons. The van der Waals surface area contributed by atoms with Crippen molar-refractivity contribution in [3.05, 3.63) is 29.3 Å². The maximum atomic E-state index is 10.1. The van der Waals surface area contributed by atoms with Crippen molar-refractivity contribution >= 4 is 0 Å². The average molecular weight is 282 g/mol. The molecule has 0 radical (unpaired) electrons. The van der Waals surface area contributed by atoms with E-state index in [1.807, 2.05) is 18.2 Å². The van der Waals surface area contributed by atoms with Crippen LogP contribution in [0.25, 0.3) is 0 Å². The summed E-state index contributed by atoms with van der Waals surface area (Å²) in [6, 6.07) is 5.56. The highest BCUT2D eigenvalue weighted by atomic mass is 16.6. The third-order valence-corrected chi connectivity index (χ3v) is 3.96. The maximum Gasteiger partial charge on any atom is 0.119 e. The van der Waals surface area contributed by atoms with E-state index in [9.17, 15) is 15.3 Å². The third-order valence-electron chi connectivity index (χ3n) is 3.96. The second kappa shape index (κ2) is 5.31. The van der Waals surface area contributed by atoms with Gasteiger partial charge in [0.2, 0.25) is 0 Å². The number of hydrogen-bond donors (Lipinski definition) is 3. The number of rotatable bonds is 2. The van der Waals surface area contributed by atoms with Gasteiger partial charge in [0.05, 0.1) is 20.3 Å². The molecule has 2 heterocycles. The van der Waals surface area contributed by atoms with Gasteiger partial charge in [-0.25, -0.2) is 0 Å². The van der Waals surface area contributed by atoms with Crippen LogP contribution in [0, 0.1) is 0 Å². The molecule has 0 spiro atoms. The van der Waals surface area contributed by atoms with Gasteiger partial charge in [-0.2, -0.15) is 0 Å². The summed E-state index contributed by atoms with van der Waals surface area (Å²) in [4.78, 5) is 0. The summed E-state index contributed by atoms with van der Waals surface area (Å²) in [5.41, 5.74) is 1.82. The Hall–Kier alpha value is -1.18. The summed E-state index contributed by atoms with van der Waals surface area (Å²) in [5.74, 6) is 0.689. The van der Waals surface area contributed by atoms with Gasteiger partial charge in [-0.15, -0.1) is 0 Å². The molecule has 1 saturated heterocycles. The van der Waals surface area contributed by atoms with Gasteiger partial charge in [0.25, 0.3) is 0 Å². The molecule has 0 aromatic heterocycles. The monoisotopic (exact) mass is 282 g/mol. The van der Waals surface area contributed by atoms with E-state index in [1.165, 1.54) is 0 Å². The van der Waals surface area contributed by atoms with Crippen LogP contribution in [0.15, 0.2) is 18.2 Å². The molecule has 6 nitrogen and oxygen atoms in total. The molecule has 1 aromatic rings. The fourth-order valence-electron chi connectivity index (χ4n) is 2.81. The van der Waals surface area contributed by atoms with E-state index in [0.29, 0.717) is 12.4 Å². The van der Waals surface area contributed by atoms with Crippen LogP contribution in [-0.2, 0) is 16.1 Å². The number of aliphatic hydroxyl groups is 3. The average Bonchev–Trinajstić information content (AvgIpc) is 2.49. The molecule has 0 amide bonds. The maximum absolute atomic E-state index is 10.1. The van der Waals surface area contributed by atoms with E-state index in [4.69, 9.17) is 14.2 Å². The van der Waals surface area contributed by atoms with Gasteiger partial charge < -0.3 is 29.5 Å². The minimum atomic E-state index is -1.16. The van der Waals surface area contributed by atoms with Crippen molar-refractivity contribution in [2.24, 2.45) is 0 Å². The molecule has 0 bridgehead atoms. The first-order chi connectivity index (χ1) is 9.65. The molecule has 3 N–H and O–H groups in total. The Kier molecular flexibility index (Phi) is 3.66. The van der Waals surface area contributed by atoms with Crippen LogP contribution in [0.2, 0.25) is 0 Å². The summed E-state index contributed by atoms with van der Waals surface area (Å²) in [7, 11) is 1.58. The highest BCUT2D eigenvalue weighted by Gasteiger charge is 2.47. The lowest BCUT2D eigenvalue weighted by Crippen LogP contribution is -2.57. The van der Waals surface area contributed by atoms with Gasteiger partial charge in [-0.3, -0.25) is 0 Å². The van der Waals surface area contributed by atoms with Crippen LogP contribution in [-0.4, -0.2) is 53.5 Å². The lowest BCUT2D eigenvalue weighted by molar-refractivity contribution is -0.252. The second-order valence-corrected chi connectivity index (χ2v) is 5.10. The van der Waals surface area contributed by atoms with Gasteiger partial charge in [-0.05, 0) is 23.3 Å². The Morgan fingerprint density at radius 3 is 2.80 bits per heavy atom. The van der Waals surface area contributed by atoms with Crippen molar-refractivity contribution in [1.82, 2.24) is 0 Å². The van der Waals surface area contributed by atoms with Crippen LogP contribution in [0.3, 0.4) is 0 Å². The molecule has 3 rings (SSSR count). The van der Waals surface area contributed by atoms with Crippen molar-refractivity contribution in [3.8, 4) is 5.75 Å². The van der Waals surface area contributed by atoms with Crippen LogP contribution in [0.5, 0.6) is 5.75 Å². The van der Waals surface area contributed by atoms with Crippen molar-refractivity contribution in [3.63, 3.8) is 0 Å². The van der Waals surface area contributed by atoms with E-state index in [-0.39, 0.29) is 6.61 Å². The Morgan fingerprint density at radius 1 is 1.30 bits per heavy atom. The van der Waals surface area contributed by atoms with Crippen molar-refractivity contribution in [2.75, 3.05) is 13.7 Å². The fraction of sp³-hybridized carbons (Fsp3) is 0.571. The summed E-state index contributed by atoms with van der Waals surface area (Å²) in [5, 5.41) is 29.3. The van der Waals surface area contributed by atoms with E-state index in [1.54, 1.807) is 7.11 Å². The Labute approximate surface area is 116 Å². The van der Waals surface area contributed by atoms with Crippen molar-refractivity contribution < 1.29 is 29.5 Å². The molecule has 20 heavy (non-hydrogen) atoms. The highest BCUT2D eigenvalue weighted by molar-refractivity contribution is 5.39. The van der Waals surface area contributed by atoms with Crippen LogP contribution in [0.4, 0.5) is 0 Å². The Morgan fingerprint density at radius 2 is 2.10 bits per heavy atom. The number of hydrogen-bond acceptors (Lipinski definition) is 6. The lowest BCUT2D eigenvalue weighted by Gasteiger charge is -2.45.